The summed E-state index contributed by atoms with van der Waals surface area (Å²) in [4.78, 5) is 2.08. The lowest BCUT2D eigenvalue weighted by atomic mass is 10.2. The van der Waals surface area contributed by atoms with Crippen LogP contribution in [0.2, 0.25) is 0 Å². The number of anilines is 1. The Morgan fingerprint density at radius 3 is 2.50 bits per heavy atom. The Balaban J connectivity index is 1.86. The first-order chi connectivity index (χ1) is 9.74. The van der Waals surface area contributed by atoms with Crippen LogP contribution in [0, 0.1) is 0 Å². The molecule has 100 valence electrons. The molecular formula is C16H16N4. The van der Waals surface area contributed by atoms with Crippen molar-refractivity contribution >= 4 is 29.0 Å². The summed E-state index contributed by atoms with van der Waals surface area (Å²) in [6.07, 6.45) is 3.96. The molecule has 1 aromatic heterocycles. The minimum absolute atomic E-state index is 0.903. The predicted octanol–water partition coefficient (Wildman–Crippen LogP) is 3.13. The Hall–Kier alpha value is -2.62. The van der Waals surface area contributed by atoms with Crippen LogP contribution in [0.15, 0.2) is 48.5 Å². The van der Waals surface area contributed by atoms with Crippen LogP contribution in [-0.2, 0) is 0 Å². The third kappa shape index (κ3) is 2.40. The number of rotatable bonds is 3. The second-order valence-electron chi connectivity index (χ2n) is 4.82. The van der Waals surface area contributed by atoms with E-state index in [0.717, 1.165) is 16.6 Å². The molecule has 4 heteroatoms. The highest BCUT2D eigenvalue weighted by Crippen LogP contribution is 2.14. The van der Waals surface area contributed by atoms with Crippen molar-refractivity contribution in [2.24, 2.45) is 0 Å². The summed E-state index contributed by atoms with van der Waals surface area (Å²) >= 11 is 0. The van der Waals surface area contributed by atoms with Gasteiger partial charge in [0.25, 0.3) is 0 Å². The van der Waals surface area contributed by atoms with E-state index >= 15 is 0 Å². The van der Waals surface area contributed by atoms with E-state index in [2.05, 4.69) is 39.5 Å². The molecule has 0 radical (unpaired) electrons. The molecule has 0 spiro atoms. The molecule has 1 heterocycles. The second-order valence-corrected chi connectivity index (χ2v) is 4.82. The van der Waals surface area contributed by atoms with Gasteiger partial charge in [0.05, 0.1) is 5.52 Å². The highest BCUT2D eigenvalue weighted by atomic mass is 15.4. The minimum atomic E-state index is 0.903. The molecule has 2 aromatic carbocycles. The van der Waals surface area contributed by atoms with Gasteiger partial charge >= 0.3 is 0 Å². The first-order valence-electron chi connectivity index (χ1n) is 6.49. The third-order valence-electron chi connectivity index (χ3n) is 3.20. The molecule has 0 atom stereocenters. The van der Waals surface area contributed by atoms with Crippen LogP contribution in [0.3, 0.4) is 0 Å². The molecule has 3 rings (SSSR count). The number of para-hydroxylation sites is 1. The highest BCUT2D eigenvalue weighted by Gasteiger charge is 1.99. The average molecular weight is 264 g/mol. The number of hydrogen-bond donors (Lipinski definition) is 0. The van der Waals surface area contributed by atoms with Gasteiger partial charge in [0.2, 0.25) is 0 Å². The molecule has 0 aliphatic heterocycles. The van der Waals surface area contributed by atoms with E-state index in [4.69, 9.17) is 0 Å². The standard InChI is InChI=1S/C16H16N4/c1-19(2)14-9-7-13(8-10-14)11-12-20-16-6-4-3-5-15(16)17-18-20/h3-12H,1-2H3. The molecule has 0 aliphatic rings. The molecule has 0 fully saturated rings. The maximum atomic E-state index is 4.13. The van der Waals surface area contributed by atoms with Crippen LogP contribution in [0.4, 0.5) is 5.69 Å². The van der Waals surface area contributed by atoms with Crippen LogP contribution in [-0.4, -0.2) is 29.1 Å². The fraction of sp³-hybridized carbons (Fsp3) is 0.125. The average Bonchev–Trinajstić information content (AvgIpc) is 2.89. The van der Waals surface area contributed by atoms with Gasteiger partial charge < -0.3 is 4.90 Å². The summed E-state index contributed by atoms with van der Waals surface area (Å²) in [6.45, 7) is 0. The van der Waals surface area contributed by atoms with E-state index in [-0.39, 0.29) is 0 Å². The predicted molar refractivity (Wildman–Crippen MR) is 83.5 cm³/mol. The Labute approximate surface area is 117 Å². The first-order valence-corrected chi connectivity index (χ1v) is 6.49. The number of hydrogen-bond acceptors (Lipinski definition) is 3. The lowest BCUT2D eigenvalue weighted by Crippen LogP contribution is -2.07. The number of fused-ring (bicyclic) bond motifs is 1. The normalized spacial score (nSPS) is 11.3. The number of aromatic nitrogens is 3. The van der Waals surface area contributed by atoms with E-state index in [1.165, 1.54) is 5.69 Å². The van der Waals surface area contributed by atoms with Gasteiger partial charge in [0.1, 0.15) is 5.52 Å². The maximum Gasteiger partial charge on any atom is 0.113 e. The zero-order valence-electron chi connectivity index (χ0n) is 11.6. The van der Waals surface area contributed by atoms with Crippen LogP contribution in [0.25, 0.3) is 23.3 Å². The smallest absolute Gasteiger partial charge is 0.113 e. The molecule has 0 bridgehead atoms. The van der Waals surface area contributed by atoms with E-state index in [0.29, 0.717) is 0 Å². The van der Waals surface area contributed by atoms with Crippen molar-refractivity contribution in [3.8, 4) is 0 Å². The fourth-order valence-electron chi connectivity index (χ4n) is 2.04. The fourth-order valence-corrected chi connectivity index (χ4v) is 2.04. The largest absolute Gasteiger partial charge is 0.378 e. The first kappa shape index (κ1) is 12.4. The van der Waals surface area contributed by atoms with Gasteiger partial charge in [-0.25, -0.2) is 4.68 Å². The van der Waals surface area contributed by atoms with Crippen LogP contribution < -0.4 is 4.90 Å². The minimum Gasteiger partial charge on any atom is -0.378 e. The number of nitrogens with zero attached hydrogens (tertiary/aromatic N) is 4. The molecule has 0 amide bonds. The van der Waals surface area contributed by atoms with Gasteiger partial charge in [-0.3, -0.25) is 0 Å². The summed E-state index contributed by atoms with van der Waals surface area (Å²) in [5, 5.41) is 8.25. The Morgan fingerprint density at radius 1 is 1.00 bits per heavy atom. The van der Waals surface area contributed by atoms with Crippen molar-refractivity contribution < 1.29 is 0 Å². The quantitative estimate of drug-likeness (QED) is 0.729. The maximum absolute atomic E-state index is 4.13. The van der Waals surface area contributed by atoms with Gasteiger partial charge in [-0.1, -0.05) is 29.5 Å². The molecule has 0 unspecified atom stereocenters. The second kappa shape index (κ2) is 5.17. The Kier molecular flexibility index (Phi) is 3.21. The zero-order valence-corrected chi connectivity index (χ0v) is 11.6. The van der Waals surface area contributed by atoms with Crippen molar-refractivity contribution in [2.45, 2.75) is 0 Å². The lowest BCUT2D eigenvalue weighted by molar-refractivity contribution is 0.863. The Bertz CT molecular complexity index is 739. The van der Waals surface area contributed by atoms with Crippen LogP contribution in [0.1, 0.15) is 5.56 Å². The monoisotopic (exact) mass is 264 g/mol. The SMILES string of the molecule is CN(C)c1ccc(C=Cn2nnc3ccccc32)cc1. The molecule has 0 N–H and O–H groups in total. The zero-order chi connectivity index (χ0) is 13.9. The van der Waals surface area contributed by atoms with E-state index in [1.807, 2.05) is 50.6 Å². The van der Waals surface area contributed by atoms with E-state index in [9.17, 15) is 0 Å². The highest BCUT2D eigenvalue weighted by molar-refractivity contribution is 5.77. The molecule has 0 aliphatic carbocycles. The molecule has 3 aromatic rings. The van der Waals surface area contributed by atoms with Gasteiger partial charge in [-0.2, -0.15) is 0 Å². The van der Waals surface area contributed by atoms with Gasteiger partial charge in [-0.15, -0.1) is 5.10 Å². The Morgan fingerprint density at radius 2 is 1.75 bits per heavy atom. The third-order valence-corrected chi connectivity index (χ3v) is 3.20. The van der Waals surface area contributed by atoms with Crippen molar-refractivity contribution in [3.05, 3.63) is 54.1 Å². The van der Waals surface area contributed by atoms with Gasteiger partial charge in [-0.05, 0) is 35.9 Å². The van der Waals surface area contributed by atoms with Gasteiger partial charge in [0, 0.05) is 26.0 Å². The van der Waals surface area contributed by atoms with E-state index < -0.39 is 0 Å². The summed E-state index contributed by atoms with van der Waals surface area (Å²) in [6, 6.07) is 16.3. The molecule has 20 heavy (non-hydrogen) atoms. The molecule has 0 saturated heterocycles. The summed E-state index contributed by atoms with van der Waals surface area (Å²) in [5.74, 6) is 0. The molecular weight excluding hydrogens is 248 g/mol. The summed E-state index contributed by atoms with van der Waals surface area (Å²) < 4.78 is 1.79. The van der Waals surface area contributed by atoms with Crippen LogP contribution in [0.5, 0.6) is 0 Å². The van der Waals surface area contributed by atoms with E-state index in [1.54, 1.807) is 4.68 Å². The van der Waals surface area contributed by atoms with Crippen molar-refractivity contribution in [3.63, 3.8) is 0 Å². The van der Waals surface area contributed by atoms with Gasteiger partial charge in [0.15, 0.2) is 0 Å². The topological polar surface area (TPSA) is 34.0 Å². The lowest BCUT2D eigenvalue weighted by Gasteiger charge is -2.11. The summed E-state index contributed by atoms with van der Waals surface area (Å²) in [7, 11) is 4.07. The van der Waals surface area contributed by atoms with Crippen molar-refractivity contribution in [1.29, 1.82) is 0 Å². The number of benzene rings is 2. The summed E-state index contributed by atoms with van der Waals surface area (Å²) in [5.41, 5.74) is 4.23. The van der Waals surface area contributed by atoms with Crippen molar-refractivity contribution in [2.75, 3.05) is 19.0 Å². The van der Waals surface area contributed by atoms with Crippen LogP contribution >= 0.6 is 0 Å². The molecule has 0 saturated carbocycles. The molecule has 4 nitrogen and oxygen atoms in total. The van der Waals surface area contributed by atoms with Crippen molar-refractivity contribution in [1.82, 2.24) is 15.0 Å².